The third-order valence-electron chi connectivity index (χ3n) is 3.96. The van der Waals surface area contributed by atoms with Gasteiger partial charge in [0.15, 0.2) is 0 Å². The molecule has 1 saturated carbocycles. The highest BCUT2D eigenvalue weighted by Gasteiger charge is 2.50. The molecule has 0 radical (unpaired) electrons. The maximum Gasteiger partial charge on any atom is 0.386 e. The molecule has 2 fully saturated rings. The van der Waals surface area contributed by atoms with Crippen LogP contribution >= 0.6 is 0 Å². The molecule has 19 heavy (non-hydrogen) atoms. The van der Waals surface area contributed by atoms with Gasteiger partial charge in [-0.2, -0.15) is 0 Å². The molecule has 4 unspecified atom stereocenters. The summed E-state index contributed by atoms with van der Waals surface area (Å²) in [6.45, 7) is 0.737. The van der Waals surface area contributed by atoms with Gasteiger partial charge in [-0.3, -0.25) is 0 Å². The lowest BCUT2D eigenvalue weighted by molar-refractivity contribution is -0.388. The van der Waals surface area contributed by atoms with Crippen molar-refractivity contribution in [2.45, 2.75) is 31.0 Å². The first-order chi connectivity index (χ1) is 9.18. The van der Waals surface area contributed by atoms with Gasteiger partial charge in [-0.05, 0) is 34.9 Å². The molecule has 1 aliphatic carbocycles. The molecule has 0 aromatic carbocycles. The Bertz CT molecular complexity index is 496. The largest absolute Gasteiger partial charge is 0.386 e. The zero-order valence-corrected chi connectivity index (χ0v) is 10.4. The molecule has 102 valence electrons. The third-order valence-corrected chi connectivity index (χ3v) is 3.96. The van der Waals surface area contributed by atoms with E-state index in [1.165, 1.54) is 6.20 Å². The number of pyridine rings is 1. The van der Waals surface area contributed by atoms with Crippen LogP contribution in [0.2, 0.25) is 0 Å². The number of hydrogen-bond donors (Lipinski definition) is 2. The van der Waals surface area contributed by atoms with E-state index in [0.717, 1.165) is 19.4 Å². The average Bonchev–Trinajstić information content (AvgIpc) is 2.44. The van der Waals surface area contributed by atoms with Gasteiger partial charge < -0.3 is 25.9 Å². The first-order valence-electron chi connectivity index (χ1n) is 6.41. The zero-order chi connectivity index (χ0) is 13.4. The summed E-state index contributed by atoms with van der Waals surface area (Å²) in [6, 6.07) is 3.21. The van der Waals surface area contributed by atoms with Gasteiger partial charge in [0, 0.05) is 18.6 Å². The fourth-order valence-corrected chi connectivity index (χ4v) is 2.96. The van der Waals surface area contributed by atoms with Gasteiger partial charge in [-0.25, -0.2) is 0 Å². The highest BCUT2D eigenvalue weighted by atomic mass is 16.6. The summed E-state index contributed by atoms with van der Waals surface area (Å²) in [5, 5.41) is 14.0. The van der Waals surface area contributed by atoms with Crippen LogP contribution in [0.4, 0.5) is 11.5 Å². The third kappa shape index (κ3) is 2.04. The smallest absolute Gasteiger partial charge is 0.376 e. The van der Waals surface area contributed by atoms with Gasteiger partial charge in [0.05, 0.1) is 12.1 Å². The van der Waals surface area contributed by atoms with Crippen LogP contribution < -0.4 is 11.1 Å². The number of aromatic nitrogens is 1. The molecule has 7 heteroatoms. The van der Waals surface area contributed by atoms with Crippen LogP contribution in [0.15, 0.2) is 18.3 Å². The Labute approximate surface area is 110 Å². The Balaban J connectivity index is 1.77. The van der Waals surface area contributed by atoms with Gasteiger partial charge in [0.25, 0.3) is 0 Å². The van der Waals surface area contributed by atoms with Crippen LogP contribution in [0, 0.1) is 16.0 Å². The number of rotatable bonds is 3. The first kappa shape index (κ1) is 12.3. The van der Waals surface area contributed by atoms with Crippen LogP contribution in [0.1, 0.15) is 12.8 Å². The summed E-state index contributed by atoms with van der Waals surface area (Å²) in [5.41, 5.74) is 6.52. The SMILES string of the molecule is NC1C2CCCOC2C1Nc1cccnc1[N+](=O)[O-]. The van der Waals surface area contributed by atoms with E-state index in [1.807, 2.05) is 0 Å². The molecule has 0 spiro atoms. The quantitative estimate of drug-likeness (QED) is 0.621. The van der Waals surface area contributed by atoms with Gasteiger partial charge in [-0.15, -0.1) is 0 Å². The Morgan fingerprint density at radius 1 is 1.58 bits per heavy atom. The fraction of sp³-hybridized carbons (Fsp3) is 0.583. The first-order valence-corrected chi connectivity index (χ1v) is 6.41. The number of hydrogen-bond acceptors (Lipinski definition) is 6. The minimum atomic E-state index is -0.494. The van der Waals surface area contributed by atoms with E-state index >= 15 is 0 Å². The predicted octanol–water partition coefficient (Wildman–Crippen LogP) is 0.906. The maximum atomic E-state index is 10.9. The summed E-state index contributed by atoms with van der Waals surface area (Å²) in [7, 11) is 0. The van der Waals surface area contributed by atoms with Gasteiger partial charge >= 0.3 is 5.82 Å². The Morgan fingerprint density at radius 2 is 2.42 bits per heavy atom. The second-order valence-corrected chi connectivity index (χ2v) is 5.02. The van der Waals surface area contributed by atoms with E-state index in [2.05, 4.69) is 10.3 Å². The van der Waals surface area contributed by atoms with E-state index in [9.17, 15) is 10.1 Å². The number of ether oxygens (including phenoxy) is 1. The molecule has 0 amide bonds. The van der Waals surface area contributed by atoms with E-state index < -0.39 is 4.92 Å². The molecule has 1 saturated heterocycles. The average molecular weight is 264 g/mol. The number of nitrogens with zero attached hydrogens (tertiary/aromatic N) is 2. The molecular weight excluding hydrogens is 248 g/mol. The van der Waals surface area contributed by atoms with Crippen molar-refractivity contribution in [3.8, 4) is 0 Å². The number of fused-ring (bicyclic) bond motifs is 1. The van der Waals surface area contributed by atoms with Gasteiger partial charge in [0.2, 0.25) is 0 Å². The molecule has 1 aliphatic heterocycles. The van der Waals surface area contributed by atoms with E-state index in [0.29, 0.717) is 11.6 Å². The molecular formula is C12H16N4O3. The van der Waals surface area contributed by atoms with Crippen LogP contribution in [-0.4, -0.2) is 34.7 Å². The van der Waals surface area contributed by atoms with Crippen molar-refractivity contribution in [3.63, 3.8) is 0 Å². The summed E-state index contributed by atoms with van der Waals surface area (Å²) < 4.78 is 5.70. The fourth-order valence-electron chi connectivity index (χ4n) is 2.96. The lowest BCUT2D eigenvalue weighted by Crippen LogP contribution is -2.69. The maximum absolute atomic E-state index is 10.9. The van der Waals surface area contributed by atoms with Crippen LogP contribution in [0.5, 0.6) is 0 Å². The monoisotopic (exact) mass is 264 g/mol. The summed E-state index contributed by atoms with van der Waals surface area (Å²) in [6.07, 6.45) is 3.57. The van der Waals surface area contributed by atoms with E-state index in [1.54, 1.807) is 12.1 Å². The molecule has 2 heterocycles. The predicted molar refractivity (Wildman–Crippen MR) is 68.7 cm³/mol. The highest BCUT2D eigenvalue weighted by molar-refractivity contribution is 5.58. The number of nitrogens with two attached hydrogens (primary N) is 1. The normalized spacial score (nSPS) is 33.1. The minimum absolute atomic E-state index is 0.0230. The minimum Gasteiger partial charge on any atom is -0.376 e. The van der Waals surface area contributed by atoms with E-state index in [-0.39, 0.29) is 24.0 Å². The number of nitro groups is 1. The van der Waals surface area contributed by atoms with Crippen molar-refractivity contribution in [3.05, 3.63) is 28.4 Å². The zero-order valence-electron chi connectivity index (χ0n) is 10.4. The summed E-state index contributed by atoms with van der Waals surface area (Å²) in [5.74, 6) is 0.191. The van der Waals surface area contributed by atoms with Crippen molar-refractivity contribution in [1.82, 2.24) is 4.98 Å². The number of anilines is 1. The second kappa shape index (κ2) is 4.75. The van der Waals surface area contributed by atoms with Crippen LogP contribution in [0.3, 0.4) is 0 Å². The molecule has 1 aromatic heterocycles. The van der Waals surface area contributed by atoms with Crippen molar-refractivity contribution in [1.29, 1.82) is 0 Å². The summed E-state index contributed by atoms with van der Waals surface area (Å²) in [4.78, 5) is 14.2. The molecule has 7 nitrogen and oxygen atoms in total. The van der Waals surface area contributed by atoms with Crippen LogP contribution in [0.25, 0.3) is 0 Å². The molecule has 2 aliphatic rings. The standard InChI is InChI=1S/C12H16N4O3/c13-9-7-3-2-6-19-11(7)10(9)15-8-4-1-5-14-12(8)16(17)18/h1,4-5,7,9-11,15H,2-3,6,13H2. The Hall–Kier alpha value is -1.73. The molecule has 1 aromatic rings. The molecule has 3 N–H and O–H groups in total. The Kier molecular flexibility index (Phi) is 3.08. The van der Waals surface area contributed by atoms with Gasteiger partial charge in [0.1, 0.15) is 11.9 Å². The lowest BCUT2D eigenvalue weighted by atomic mass is 9.68. The molecule has 4 atom stereocenters. The van der Waals surface area contributed by atoms with Crippen LogP contribution in [-0.2, 0) is 4.74 Å². The Morgan fingerprint density at radius 3 is 3.21 bits per heavy atom. The lowest BCUT2D eigenvalue weighted by Gasteiger charge is -2.52. The number of nitrogens with one attached hydrogen (secondary N) is 1. The van der Waals surface area contributed by atoms with Crippen molar-refractivity contribution < 1.29 is 9.66 Å². The molecule has 3 rings (SSSR count). The van der Waals surface area contributed by atoms with Gasteiger partial charge in [-0.1, -0.05) is 0 Å². The van der Waals surface area contributed by atoms with E-state index in [4.69, 9.17) is 10.5 Å². The van der Waals surface area contributed by atoms with Crippen molar-refractivity contribution in [2.24, 2.45) is 11.7 Å². The highest BCUT2D eigenvalue weighted by Crippen LogP contribution is 2.39. The summed E-state index contributed by atoms with van der Waals surface area (Å²) >= 11 is 0. The molecule has 0 bridgehead atoms. The van der Waals surface area contributed by atoms with Crippen molar-refractivity contribution >= 4 is 11.5 Å². The topological polar surface area (TPSA) is 103 Å². The second-order valence-electron chi connectivity index (χ2n) is 5.02. The van der Waals surface area contributed by atoms with Crippen molar-refractivity contribution in [2.75, 3.05) is 11.9 Å².